The van der Waals surface area contributed by atoms with E-state index in [0.29, 0.717) is 23.8 Å². The number of nitrogens with zero attached hydrogens (tertiary/aromatic N) is 4. The first-order chi connectivity index (χ1) is 9.60. The number of aromatic nitrogens is 3. The van der Waals surface area contributed by atoms with Gasteiger partial charge in [0.15, 0.2) is 5.82 Å². The Hall–Kier alpha value is -1.87. The Kier molecular flexibility index (Phi) is 4.74. The first-order valence-electron chi connectivity index (χ1n) is 6.29. The van der Waals surface area contributed by atoms with Crippen molar-refractivity contribution in [1.82, 2.24) is 14.8 Å². The van der Waals surface area contributed by atoms with Gasteiger partial charge < -0.3 is 4.74 Å². The fraction of sp³-hybridized carbons (Fsp3) is 0.357. The molecule has 0 unspecified atom stereocenters. The Labute approximate surface area is 126 Å². The predicted octanol–water partition coefficient (Wildman–Crippen LogP) is 3.15. The van der Waals surface area contributed by atoms with Gasteiger partial charge in [-0.1, -0.05) is 29.8 Å². The van der Waals surface area contributed by atoms with Crippen LogP contribution in [0, 0.1) is 17.2 Å². The number of benzene rings is 1. The molecule has 0 amide bonds. The van der Waals surface area contributed by atoms with Crippen LogP contribution < -0.4 is 4.74 Å². The highest BCUT2D eigenvalue weighted by Gasteiger charge is 2.09. The van der Waals surface area contributed by atoms with Crippen LogP contribution in [0.1, 0.15) is 25.2 Å². The van der Waals surface area contributed by atoms with Gasteiger partial charge in [-0.2, -0.15) is 10.4 Å². The molecule has 1 heterocycles. The zero-order valence-electron chi connectivity index (χ0n) is 11.4. The molecule has 0 saturated heterocycles. The lowest BCUT2D eigenvalue weighted by Crippen LogP contribution is -2.12. The largest absolute Gasteiger partial charge is 0.484 e. The van der Waals surface area contributed by atoms with Crippen molar-refractivity contribution >= 4 is 15.9 Å². The van der Waals surface area contributed by atoms with E-state index in [-0.39, 0.29) is 0 Å². The molecule has 0 spiro atoms. The van der Waals surface area contributed by atoms with Crippen LogP contribution in [-0.2, 0) is 13.2 Å². The highest BCUT2D eigenvalue weighted by atomic mass is 79.9. The monoisotopic (exact) mass is 334 g/mol. The third-order valence-electron chi connectivity index (χ3n) is 2.65. The molecule has 0 aliphatic rings. The first kappa shape index (κ1) is 14.5. The van der Waals surface area contributed by atoms with E-state index in [2.05, 4.69) is 45.9 Å². The molecule has 5 nitrogen and oxygen atoms in total. The van der Waals surface area contributed by atoms with E-state index < -0.39 is 0 Å². The lowest BCUT2D eigenvalue weighted by Gasteiger charge is -2.10. The quantitative estimate of drug-likeness (QED) is 0.842. The molecule has 0 saturated carbocycles. The van der Waals surface area contributed by atoms with Crippen LogP contribution >= 0.6 is 15.9 Å². The second-order valence-electron chi connectivity index (χ2n) is 4.79. The van der Waals surface area contributed by atoms with E-state index in [1.54, 1.807) is 12.1 Å². The number of halogens is 1. The van der Waals surface area contributed by atoms with Crippen LogP contribution in [-0.4, -0.2) is 14.8 Å². The smallest absolute Gasteiger partial charge is 0.164 e. The summed E-state index contributed by atoms with van der Waals surface area (Å²) >= 11 is 3.33. The van der Waals surface area contributed by atoms with Crippen molar-refractivity contribution in [2.75, 3.05) is 0 Å². The van der Waals surface area contributed by atoms with Crippen molar-refractivity contribution in [3.8, 4) is 11.8 Å². The van der Waals surface area contributed by atoms with Crippen LogP contribution in [0.3, 0.4) is 0 Å². The predicted molar refractivity (Wildman–Crippen MR) is 78.0 cm³/mol. The van der Waals surface area contributed by atoms with Crippen molar-refractivity contribution in [2.45, 2.75) is 27.0 Å². The van der Waals surface area contributed by atoms with Gasteiger partial charge in [-0.25, -0.2) is 9.67 Å². The van der Waals surface area contributed by atoms with Crippen LogP contribution in [0.2, 0.25) is 0 Å². The molecule has 104 valence electrons. The molecule has 20 heavy (non-hydrogen) atoms. The molecule has 0 radical (unpaired) electrons. The molecule has 0 fully saturated rings. The Morgan fingerprint density at radius 2 is 2.25 bits per heavy atom. The van der Waals surface area contributed by atoms with Gasteiger partial charge in [-0.3, -0.25) is 0 Å². The summed E-state index contributed by atoms with van der Waals surface area (Å²) in [6, 6.07) is 7.46. The molecular weight excluding hydrogens is 320 g/mol. The lowest BCUT2D eigenvalue weighted by molar-refractivity contribution is 0.282. The van der Waals surface area contributed by atoms with Crippen LogP contribution in [0.5, 0.6) is 5.75 Å². The number of nitriles is 1. The molecule has 0 aliphatic carbocycles. The SMILES string of the molecule is CC(C)Cn1ncnc1COc1ccc(Br)cc1C#N. The van der Waals surface area contributed by atoms with Crippen molar-refractivity contribution < 1.29 is 4.74 Å². The van der Waals surface area contributed by atoms with Crippen molar-refractivity contribution in [3.63, 3.8) is 0 Å². The molecule has 2 aromatic rings. The topological polar surface area (TPSA) is 63.7 Å². The average molecular weight is 335 g/mol. The summed E-state index contributed by atoms with van der Waals surface area (Å²) in [5.41, 5.74) is 0.495. The van der Waals surface area contributed by atoms with Gasteiger partial charge in [0.1, 0.15) is 24.8 Å². The molecule has 0 aliphatic heterocycles. The summed E-state index contributed by atoms with van der Waals surface area (Å²) in [6.07, 6.45) is 1.52. The Morgan fingerprint density at radius 3 is 2.95 bits per heavy atom. The minimum absolute atomic E-state index is 0.295. The van der Waals surface area contributed by atoms with Crippen molar-refractivity contribution in [1.29, 1.82) is 5.26 Å². The first-order valence-corrected chi connectivity index (χ1v) is 7.08. The van der Waals surface area contributed by atoms with E-state index in [4.69, 9.17) is 10.00 Å². The summed E-state index contributed by atoms with van der Waals surface area (Å²) in [5, 5.41) is 13.3. The minimum Gasteiger partial charge on any atom is -0.484 e. The van der Waals surface area contributed by atoms with E-state index in [1.165, 1.54) is 6.33 Å². The van der Waals surface area contributed by atoms with Gasteiger partial charge in [0.05, 0.1) is 5.56 Å². The molecular formula is C14H15BrN4O. The molecule has 0 bridgehead atoms. The zero-order chi connectivity index (χ0) is 14.5. The Morgan fingerprint density at radius 1 is 1.45 bits per heavy atom. The molecule has 1 aromatic heterocycles. The third-order valence-corrected chi connectivity index (χ3v) is 3.15. The van der Waals surface area contributed by atoms with E-state index in [9.17, 15) is 0 Å². The number of hydrogen-bond donors (Lipinski definition) is 0. The van der Waals surface area contributed by atoms with Gasteiger partial charge in [0, 0.05) is 11.0 Å². The normalized spacial score (nSPS) is 10.6. The van der Waals surface area contributed by atoms with Crippen LogP contribution in [0.4, 0.5) is 0 Å². The molecule has 0 atom stereocenters. The van der Waals surface area contributed by atoms with Gasteiger partial charge >= 0.3 is 0 Å². The minimum atomic E-state index is 0.295. The van der Waals surface area contributed by atoms with Crippen LogP contribution in [0.15, 0.2) is 29.0 Å². The van der Waals surface area contributed by atoms with Gasteiger partial charge in [0.25, 0.3) is 0 Å². The molecule has 1 aromatic carbocycles. The molecule has 6 heteroatoms. The Balaban J connectivity index is 2.10. The van der Waals surface area contributed by atoms with Gasteiger partial charge in [0.2, 0.25) is 0 Å². The second-order valence-corrected chi connectivity index (χ2v) is 5.71. The average Bonchev–Trinajstić information content (AvgIpc) is 2.83. The summed E-state index contributed by atoms with van der Waals surface area (Å²) in [6.45, 7) is 5.33. The van der Waals surface area contributed by atoms with Crippen molar-refractivity contribution in [2.24, 2.45) is 5.92 Å². The maximum Gasteiger partial charge on any atom is 0.164 e. The standard InChI is InChI=1S/C14H15BrN4O/c1-10(2)7-19-14(17-9-18-19)8-20-13-4-3-12(15)5-11(13)6-16/h3-5,9-10H,7-8H2,1-2H3. The summed E-state index contributed by atoms with van der Waals surface area (Å²) < 4.78 is 8.36. The number of hydrogen-bond acceptors (Lipinski definition) is 4. The van der Waals surface area contributed by atoms with E-state index >= 15 is 0 Å². The Bertz CT molecular complexity index is 630. The summed E-state index contributed by atoms with van der Waals surface area (Å²) in [5.74, 6) is 1.79. The highest BCUT2D eigenvalue weighted by Crippen LogP contribution is 2.23. The lowest BCUT2D eigenvalue weighted by atomic mass is 10.2. The van der Waals surface area contributed by atoms with E-state index in [0.717, 1.165) is 16.8 Å². The van der Waals surface area contributed by atoms with Gasteiger partial charge in [-0.05, 0) is 24.1 Å². The number of rotatable bonds is 5. The molecule has 0 N–H and O–H groups in total. The van der Waals surface area contributed by atoms with E-state index in [1.807, 2.05) is 10.7 Å². The fourth-order valence-electron chi connectivity index (χ4n) is 1.76. The summed E-state index contributed by atoms with van der Waals surface area (Å²) in [4.78, 5) is 4.19. The molecule has 2 rings (SSSR count). The second kappa shape index (κ2) is 6.53. The van der Waals surface area contributed by atoms with Gasteiger partial charge in [-0.15, -0.1) is 0 Å². The fourth-order valence-corrected chi connectivity index (χ4v) is 2.12. The zero-order valence-corrected chi connectivity index (χ0v) is 13.0. The number of ether oxygens (including phenoxy) is 1. The summed E-state index contributed by atoms with van der Waals surface area (Å²) in [7, 11) is 0. The van der Waals surface area contributed by atoms with Crippen LogP contribution in [0.25, 0.3) is 0 Å². The maximum absolute atomic E-state index is 9.09. The highest BCUT2D eigenvalue weighted by molar-refractivity contribution is 9.10. The maximum atomic E-state index is 9.09. The van der Waals surface area contributed by atoms with Crippen molar-refractivity contribution in [3.05, 3.63) is 40.4 Å². The third kappa shape index (κ3) is 3.58.